The van der Waals surface area contributed by atoms with Crippen LogP contribution >= 0.6 is 0 Å². The molecule has 0 radical (unpaired) electrons. The molecule has 5 nitrogen and oxygen atoms in total. The summed E-state index contributed by atoms with van der Waals surface area (Å²) in [6.07, 6.45) is 0. The fourth-order valence-corrected chi connectivity index (χ4v) is 8.98. The molecule has 270 valence electrons. The summed E-state index contributed by atoms with van der Waals surface area (Å²) in [7, 11) is 0. The Morgan fingerprint density at radius 1 is 0.379 bits per heavy atom. The summed E-state index contributed by atoms with van der Waals surface area (Å²) in [4.78, 5) is 15.8. The number of hydrogen-bond donors (Lipinski definition) is 0. The van der Waals surface area contributed by atoms with E-state index in [-0.39, 0.29) is 0 Å². The first-order valence-electron chi connectivity index (χ1n) is 19.3. The second-order valence-electron chi connectivity index (χ2n) is 14.6. The molecule has 0 N–H and O–H groups in total. The van der Waals surface area contributed by atoms with E-state index in [9.17, 15) is 5.26 Å². The monoisotopic (exact) mass is 740 g/mol. The van der Waals surface area contributed by atoms with E-state index in [1.165, 1.54) is 0 Å². The van der Waals surface area contributed by atoms with E-state index in [4.69, 9.17) is 19.7 Å². The Balaban J connectivity index is 1.24. The van der Waals surface area contributed by atoms with Gasteiger partial charge in [-0.2, -0.15) is 5.26 Å². The third kappa shape index (κ3) is 5.13. The molecule has 0 saturated carbocycles. The Hall–Kier alpha value is -7.94. The summed E-state index contributed by atoms with van der Waals surface area (Å²) < 4.78 is 6.66. The van der Waals surface area contributed by atoms with Crippen LogP contribution in [-0.4, -0.2) is 15.0 Å². The van der Waals surface area contributed by atoms with Crippen molar-refractivity contribution in [3.8, 4) is 85.1 Å². The van der Waals surface area contributed by atoms with Gasteiger partial charge in [-0.3, -0.25) is 0 Å². The van der Waals surface area contributed by atoms with Crippen LogP contribution in [-0.2, 0) is 5.41 Å². The second kappa shape index (κ2) is 13.4. The quantitative estimate of drug-likeness (QED) is 0.176. The zero-order valence-electron chi connectivity index (χ0n) is 31.2. The van der Waals surface area contributed by atoms with Gasteiger partial charge in [-0.25, -0.2) is 15.0 Å². The van der Waals surface area contributed by atoms with Gasteiger partial charge in [-0.1, -0.05) is 164 Å². The van der Waals surface area contributed by atoms with Gasteiger partial charge in [0.1, 0.15) is 11.5 Å². The van der Waals surface area contributed by atoms with Crippen molar-refractivity contribution in [3.63, 3.8) is 0 Å². The molecule has 2 aliphatic rings. The standard InChI is InChI=1S/C53H32N4O/c54-33-34-15-11-21-38(31-34)40-23-13-27-44-48(40)49-41(24-14-28-45(49)53(44)42-25-7-9-29-46(42)58-47-30-10-8-26-43(47)53)52-56-50(36-18-5-2-6-19-36)55-51(57-52)39-22-12-20-37(32-39)35-16-3-1-4-17-35/h1-32H. The van der Waals surface area contributed by atoms with E-state index in [2.05, 4.69) is 133 Å². The number of ether oxygens (including phenoxy) is 1. The molecule has 0 saturated heterocycles. The number of nitrogens with zero attached hydrogens (tertiary/aromatic N) is 4. The molecular formula is C53H32N4O. The van der Waals surface area contributed by atoms with Gasteiger partial charge in [-0.05, 0) is 74.8 Å². The molecule has 1 aliphatic heterocycles. The number of para-hydroxylation sites is 2. The molecule has 9 aromatic rings. The molecule has 0 amide bonds. The summed E-state index contributed by atoms with van der Waals surface area (Å²) in [6, 6.07) is 68.9. The van der Waals surface area contributed by atoms with E-state index in [0.717, 1.165) is 83.8 Å². The zero-order valence-corrected chi connectivity index (χ0v) is 31.2. The van der Waals surface area contributed by atoms with Crippen LogP contribution in [0.15, 0.2) is 194 Å². The maximum absolute atomic E-state index is 10.0. The van der Waals surface area contributed by atoms with Gasteiger partial charge in [0, 0.05) is 27.8 Å². The minimum atomic E-state index is -0.725. The van der Waals surface area contributed by atoms with E-state index in [1.54, 1.807) is 0 Å². The summed E-state index contributed by atoms with van der Waals surface area (Å²) in [6.45, 7) is 0. The van der Waals surface area contributed by atoms with Gasteiger partial charge < -0.3 is 4.74 Å². The molecule has 8 aromatic carbocycles. The van der Waals surface area contributed by atoms with Crippen LogP contribution in [0.2, 0.25) is 0 Å². The van der Waals surface area contributed by atoms with Crippen molar-refractivity contribution in [2.24, 2.45) is 0 Å². The van der Waals surface area contributed by atoms with E-state index < -0.39 is 5.41 Å². The van der Waals surface area contributed by atoms with Gasteiger partial charge >= 0.3 is 0 Å². The highest BCUT2D eigenvalue weighted by Gasteiger charge is 2.52. The number of hydrogen-bond acceptors (Lipinski definition) is 5. The molecule has 0 unspecified atom stereocenters. The Bertz CT molecular complexity index is 3070. The fraction of sp³-hybridized carbons (Fsp3) is 0.0189. The Kier molecular flexibility index (Phi) is 7.70. The lowest BCUT2D eigenvalue weighted by atomic mass is 9.66. The first kappa shape index (κ1) is 33.4. The van der Waals surface area contributed by atoms with Crippen molar-refractivity contribution in [2.45, 2.75) is 5.41 Å². The van der Waals surface area contributed by atoms with E-state index in [1.807, 2.05) is 66.7 Å². The SMILES string of the molecule is N#Cc1cccc(-c2cccc3c2-c2c(-c4nc(-c5ccccc5)nc(-c5cccc(-c6ccccc6)c5)n4)cccc2C32c3ccccc3Oc3ccccc32)c1. The number of nitriles is 1. The smallest absolute Gasteiger partial charge is 0.164 e. The molecule has 1 spiro atoms. The predicted octanol–water partition coefficient (Wildman–Crippen LogP) is 12.5. The van der Waals surface area contributed by atoms with Gasteiger partial charge in [-0.15, -0.1) is 0 Å². The number of rotatable bonds is 5. The normalized spacial score (nSPS) is 12.7. The molecule has 11 rings (SSSR count). The summed E-state index contributed by atoms with van der Waals surface area (Å²) >= 11 is 0. The van der Waals surface area contributed by atoms with Crippen LogP contribution in [0, 0.1) is 11.3 Å². The molecule has 0 bridgehead atoms. The number of benzene rings is 8. The summed E-state index contributed by atoms with van der Waals surface area (Å²) in [5.41, 5.74) is 13.2. The fourth-order valence-electron chi connectivity index (χ4n) is 8.98. The highest BCUT2D eigenvalue weighted by atomic mass is 16.5. The molecule has 0 fully saturated rings. The van der Waals surface area contributed by atoms with Gasteiger partial charge in [0.15, 0.2) is 17.5 Å². The average molecular weight is 741 g/mol. The van der Waals surface area contributed by atoms with Crippen molar-refractivity contribution in [1.82, 2.24) is 15.0 Å². The number of aromatic nitrogens is 3. The molecule has 1 aliphatic carbocycles. The molecule has 1 aromatic heterocycles. The highest BCUT2D eigenvalue weighted by Crippen LogP contribution is 2.64. The van der Waals surface area contributed by atoms with E-state index >= 15 is 0 Å². The molecule has 2 heterocycles. The lowest BCUT2D eigenvalue weighted by Gasteiger charge is -2.39. The zero-order chi connectivity index (χ0) is 38.6. The van der Waals surface area contributed by atoms with Gasteiger partial charge in [0.25, 0.3) is 0 Å². The lowest BCUT2D eigenvalue weighted by Crippen LogP contribution is -2.32. The van der Waals surface area contributed by atoms with E-state index in [0.29, 0.717) is 23.0 Å². The summed E-state index contributed by atoms with van der Waals surface area (Å²) in [5, 5.41) is 10.0. The lowest BCUT2D eigenvalue weighted by molar-refractivity contribution is 0.436. The first-order chi connectivity index (χ1) is 28.7. The predicted molar refractivity (Wildman–Crippen MR) is 229 cm³/mol. The minimum Gasteiger partial charge on any atom is -0.457 e. The first-order valence-corrected chi connectivity index (χ1v) is 19.3. The van der Waals surface area contributed by atoms with Gasteiger partial charge in [0.05, 0.1) is 17.0 Å². The maximum atomic E-state index is 10.0. The Morgan fingerprint density at radius 2 is 0.862 bits per heavy atom. The Morgan fingerprint density at radius 3 is 1.55 bits per heavy atom. The molecular weight excluding hydrogens is 709 g/mol. The van der Waals surface area contributed by atoms with Crippen LogP contribution < -0.4 is 4.74 Å². The van der Waals surface area contributed by atoms with Crippen molar-refractivity contribution in [2.75, 3.05) is 0 Å². The van der Waals surface area contributed by atoms with Crippen molar-refractivity contribution < 1.29 is 4.74 Å². The average Bonchev–Trinajstić information content (AvgIpc) is 3.60. The second-order valence-corrected chi connectivity index (χ2v) is 14.6. The topological polar surface area (TPSA) is 71.7 Å². The molecule has 5 heteroatoms. The van der Waals surface area contributed by atoms with Gasteiger partial charge in [0.2, 0.25) is 0 Å². The van der Waals surface area contributed by atoms with Crippen molar-refractivity contribution in [3.05, 3.63) is 222 Å². The van der Waals surface area contributed by atoms with Crippen LogP contribution in [0.3, 0.4) is 0 Å². The summed E-state index contributed by atoms with van der Waals surface area (Å²) in [5.74, 6) is 3.38. The maximum Gasteiger partial charge on any atom is 0.164 e. The number of fused-ring (bicyclic) bond motifs is 9. The third-order valence-electron chi connectivity index (χ3n) is 11.4. The van der Waals surface area contributed by atoms with Crippen LogP contribution in [0.1, 0.15) is 27.8 Å². The minimum absolute atomic E-state index is 0.572. The van der Waals surface area contributed by atoms with Crippen LogP contribution in [0.25, 0.3) is 67.5 Å². The van der Waals surface area contributed by atoms with Crippen molar-refractivity contribution in [1.29, 1.82) is 5.26 Å². The third-order valence-corrected chi connectivity index (χ3v) is 11.4. The highest BCUT2D eigenvalue weighted by molar-refractivity contribution is 6.02. The molecule has 0 atom stereocenters. The Labute approximate surface area is 336 Å². The van der Waals surface area contributed by atoms with Crippen LogP contribution in [0.5, 0.6) is 11.5 Å². The van der Waals surface area contributed by atoms with Crippen LogP contribution in [0.4, 0.5) is 0 Å². The largest absolute Gasteiger partial charge is 0.457 e. The molecule has 58 heavy (non-hydrogen) atoms. The van der Waals surface area contributed by atoms with Crippen molar-refractivity contribution >= 4 is 0 Å².